The first-order valence-electron chi connectivity index (χ1n) is 6.44. The van der Waals surface area contributed by atoms with Gasteiger partial charge >= 0.3 is 0 Å². The molecule has 0 atom stereocenters. The number of carbonyl (C=O) groups is 1. The smallest absolute Gasteiger partial charge is 0.274 e. The molecular formula is C15H18N4O. The highest BCUT2D eigenvalue weighted by atomic mass is 16.1. The maximum atomic E-state index is 12.2. The Balaban J connectivity index is 2.19. The van der Waals surface area contributed by atoms with Gasteiger partial charge in [-0.15, -0.1) is 0 Å². The number of hydrogen-bond donors (Lipinski definition) is 3. The van der Waals surface area contributed by atoms with E-state index >= 15 is 0 Å². The van der Waals surface area contributed by atoms with Crippen molar-refractivity contribution >= 4 is 17.3 Å². The third kappa shape index (κ3) is 3.13. The van der Waals surface area contributed by atoms with Crippen molar-refractivity contribution in [1.29, 1.82) is 0 Å². The van der Waals surface area contributed by atoms with E-state index in [1.165, 1.54) is 6.20 Å². The van der Waals surface area contributed by atoms with E-state index in [9.17, 15) is 4.79 Å². The number of nitrogens with one attached hydrogen (secondary N) is 2. The zero-order valence-corrected chi connectivity index (χ0v) is 11.6. The number of benzene rings is 1. The highest BCUT2D eigenvalue weighted by Crippen LogP contribution is 2.24. The topological polar surface area (TPSA) is 80.0 Å². The highest BCUT2D eigenvalue weighted by Gasteiger charge is 2.11. The van der Waals surface area contributed by atoms with E-state index < -0.39 is 0 Å². The van der Waals surface area contributed by atoms with Gasteiger partial charge in [-0.1, -0.05) is 32.0 Å². The van der Waals surface area contributed by atoms with E-state index in [4.69, 9.17) is 5.84 Å². The Hall–Kier alpha value is -2.40. The largest absolute Gasteiger partial charge is 0.323 e. The lowest BCUT2D eigenvalue weighted by molar-refractivity contribution is 0.102. The molecule has 0 unspecified atom stereocenters. The van der Waals surface area contributed by atoms with Crippen LogP contribution in [0.2, 0.25) is 0 Å². The van der Waals surface area contributed by atoms with Crippen LogP contribution in [0.15, 0.2) is 42.6 Å². The van der Waals surface area contributed by atoms with Crippen molar-refractivity contribution in [2.45, 2.75) is 19.8 Å². The van der Waals surface area contributed by atoms with E-state index in [2.05, 4.69) is 29.6 Å². The van der Waals surface area contributed by atoms with E-state index in [-0.39, 0.29) is 5.91 Å². The van der Waals surface area contributed by atoms with Crippen molar-refractivity contribution in [1.82, 2.24) is 4.98 Å². The highest BCUT2D eigenvalue weighted by molar-refractivity contribution is 6.03. The lowest BCUT2D eigenvalue weighted by atomic mass is 10.0. The van der Waals surface area contributed by atoms with Gasteiger partial charge < -0.3 is 10.7 Å². The number of rotatable bonds is 4. The maximum absolute atomic E-state index is 12.2. The molecule has 0 aliphatic carbocycles. The number of anilines is 2. The van der Waals surface area contributed by atoms with E-state index in [0.29, 0.717) is 17.3 Å². The molecule has 1 aromatic carbocycles. The molecule has 1 amide bonds. The van der Waals surface area contributed by atoms with Gasteiger partial charge in [-0.3, -0.25) is 10.6 Å². The lowest BCUT2D eigenvalue weighted by Crippen LogP contribution is -2.15. The second kappa shape index (κ2) is 6.16. The summed E-state index contributed by atoms with van der Waals surface area (Å²) in [5, 5.41) is 2.89. The number of nitrogen functional groups attached to an aromatic ring is 1. The van der Waals surface area contributed by atoms with Crippen LogP contribution in [0.5, 0.6) is 0 Å². The Kier molecular flexibility index (Phi) is 4.32. The molecule has 0 aliphatic rings. The molecule has 2 aromatic rings. The average Bonchev–Trinajstić information content (AvgIpc) is 2.47. The minimum Gasteiger partial charge on any atom is -0.323 e. The number of amides is 1. The van der Waals surface area contributed by atoms with E-state index in [0.717, 1.165) is 11.3 Å². The van der Waals surface area contributed by atoms with Gasteiger partial charge in [0, 0.05) is 5.69 Å². The van der Waals surface area contributed by atoms with E-state index in [1.807, 2.05) is 24.3 Å². The third-order valence-electron chi connectivity index (χ3n) is 2.99. The van der Waals surface area contributed by atoms with Crippen LogP contribution in [0, 0.1) is 0 Å². The molecular weight excluding hydrogens is 252 g/mol. The fourth-order valence-electron chi connectivity index (χ4n) is 1.91. The fourth-order valence-corrected chi connectivity index (χ4v) is 1.91. The minimum absolute atomic E-state index is 0.235. The summed E-state index contributed by atoms with van der Waals surface area (Å²) in [7, 11) is 0. The summed E-state index contributed by atoms with van der Waals surface area (Å²) in [5.74, 6) is 5.36. The Bertz CT molecular complexity index is 593. The first kappa shape index (κ1) is 14.0. The fraction of sp³-hybridized carbons (Fsp3) is 0.200. The van der Waals surface area contributed by atoms with Gasteiger partial charge in [-0.05, 0) is 29.7 Å². The second-order valence-electron chi connectivity index (χ2n) is 4.77. The van der Waals surface area contributed by atoms with Crippen molar-refractivity contribution in [3.8, 4) is 0 Å². The molecule has 5 heteroatoms. The number of hydrogen-bond acceptors (Lipinski definition) is 4. The van der Waals surface area contributed by atoms with Crippen molar-refractivity contribution in [3.63, 3.8) is 0 Å². The molecule has 20 heavy (non-hydrogen) atoms. The number of aromatic nitrogens is 1. The zero-order chi connectivity index (χ0) is 14.5. The van der Waals surface area contributed by atoms with Gasteiger partial charge in [0.2, 0.25) is 0 Å². The zero-order valence-electron chi connectivity index (χ0n) is 11.6. The Labute approximate surface area is 118 Å². The third-order valence-corrected chi connectivity index (χ3v) is 2.99. The van der Waals surface area contributed by atoms with Crippen molar-refractivity contribution < 1.29 is 4.79 Å². The predicted molar refractivity (Wildman–Crippen MR) is 80.5 cm³/mol. The molecule has 2 rings (SSSR count). The van der Waals surface area contributed by atoms with E-state index in [1.54, 1.807) is 12.1 Å². The van der Waals surface area contributed by atoms with Gasteiger partial charge in [0.15, 0.2) is 0 Å². The Morgan fingerprint density at radius 2 is 1.95 bits per heavy atom. The second-order valence-corrected chi connectivity index (χ2v) is 4.77. The molecule has 104 valence electrons. The summed E-state index contributed by atoms with van der Waals surface area (Å²) in [4.78, 5) is 16.2. The molecule has 0 radical (unpaired) electrons. The van der Waals surface area contributed by atoms with Gasteiger partial charge in [0.25, 0.3) is 5.91 Å². The van der Waals surface area contributed by atoms with Gasteiger partial charge in [0.1, 0.15) is 5.69 Å². The lowest BCUT2D eigenvalue weighted by Gasteiger charge is -2.13. The quantitative estimate of drug-likeness (QED) is 0.589. The number of nitrogens with zero attached hydrogens (tertiary/aromatic N) is 1. The summed E-state index contributed by atoms with van der Waals surface area (Å²) >= 11 is 0. The summed E-state index contributed by atoms with van der Waals surface area (Å²) in [5.41, 5.74) is 5.39. The number of hydrazine groups is 1. The molecule has 1 aromatic heterocycles. The standard InChI is InChI=1S/C15H18N4O/c1-10(2)12-5-3-4-6-13(12)18-15(20)14-8-7-11(19-16)9-17-14/h3-10,19H,16H2,1-2H3,(H,18,20). The molecule has 0 saturated heterocycles. The first-order valence-corrected chi connectivity index (χ1v) is 6.44. The molecule has 0 saturated carbocycles. The summed E-state index contributed by atoms with van der Waals surface area (Å²) in [6.07, 6.45) is 1.52. The van der Waals surface area contributed by atoms with Crippen LogP contribution in [-0.2, 0) is 0 Å². The molecule has 0 aliphatic heterocycles. The van der Waals surface area contributed by atoms with Crippen LogP contribution in [0.1, 0.15) is 35.8 Å². The normalized spacial score (nSPS) is 10.4. The van der Waals surface area contributed by atoms with Crippen LogP contribution in [0.4, 0.5) is 11.4 Å². The number of pyridine rings is 1. The molecule has 0 spiro atoms. The average molecular weight is 270 g/mol. The predicted octanol–water partition coefficient (Wildman–Crippen LogP) is 2.74. The van der Waals surface area contributed by atoms with Crippen LogP contribution in [-0.4, -0.2) is 10.9 Å². The van der Waals surface area contributed by atoms with Crippen LogP contribution in [0.25, 0.3) is 0 Å². The number of carbonyl (C=O) groups excluding carboxylic acids is 1. The molecule has 0 bridgehead atoms. The van der Waals surface area contributed by atoms with Gasteiger partial charge in [-0.25, -0.2) is 4.98 Å². The summed E-state index contributed by atoms with van der Waals surface area (Å²) in [6.45, 7) is 4.18. The first-order chi connectivity index (χ1) is 9.61. The van der Waals surface area contributed by atoms with Crippen LogP contribution < -0.4 is 16.6 Å². The maximum Gasteiger partial charge on any atom is 0.274 e. The van der Waals surface area contributed by atoms with Crippen molar-refractivity contribution in [2.24, 2.45) is 5.84 Å². The van der Waals surface area contributed by atoms with Crippen LogP contribution >= 0.6 is 0 Å². The monoisotopic (exact) mass is 270 g/mol. The Morgan fingerprint density at radius 1 is 1.20 bits per heavy atom. The molecule has 4 N–H and O–H groups in total. The SMILES string of the molecule is CC(C)c1ccccc1NC(=O)c1ccc(NN)cn1. The minimum atomic E-state index is -0.235. The summed E-state index contributed by atoms with van der Waals surface area (Å²) in [6, 6.07) is 11.1. The number of para-hydroxylation sites is 1. The van der Waals surface area contributed by atoms with Crippen LogP contribution in [0.3, 0.4) is 0 Å². The van der Waals surface area contributed by atoms with Gasteiger partial charge in [-0.2, -0.15) is 0 Å². The molecule has 5 nitrogen and oxygen atoms in total. The Morgan fingerprint density at radius 3 is 2.55 bits per heavy atom. The summed E-state index contributed by atoms with van der Waals surface area (Å²) < 4.78 is 0. The van der Waals surface area contributed by atoms with Crippen molar-refractivity contribution in [3.05, 3.63) is 53.9 Å². The van der Waals surface area contributed by atoms with Crippen molar-refractivity contribution in [2.75, 3.05) is 10.7 Å². The molecule has 0 fully saturated rings. The molecule has 1 heterocycles. The van der Waals surface area contributed by atoms with Gasteiger partial charge in [0.05, 0.1) is 11.9 Å². The number of nitrogens with two attached hydrogens (primary N) is 1.